The molecule has 0 saturated carbocycles. The number of rotatable bonds is 5. The number of hydrogen-bond donors (Lipinski definition) is 1. The lowest BCUT2D eigenvalue weighted by molar-refractivity contribution is -0.118. The maximum absolute atomic E-state index is 11.9. The van der Waals surface area contributed by atoms with Gasteiger partial charge in [-0.2, -0.15) is 0 Å². The topological polar surface area (TPSA) is 63.4 Å². The summed E-state index contributed by atoms with van der Waals surface area (Å²) in [6, 6.07) is 4.67. The quantitative estimate of drug-likeness (QED) is 0.830. The van der Waals surface area contributed by atoms with E-state index in [1.54, 1.807) is 19.2 Å². The normalized spacial score (nSPS) is 10.6. The third-order valence-corrected chi connectivity index (χ3v) is 2.63. The van der Waals surface area contributed by atoms with Crippen molar-refractivity contribution in [3.63, 3.8) is 0 Å². The molecule has 0 saturated heterocycles. The Balaban J connectivity index is 2.76. The monoisotopic (exact) mass is 274 g/mol. The molecule has 0 aliphatic heterocycles. The number of carbonyl (C=O) groups excluding carboxylic acids is 2. The number of Topliss-reactive ketones (excluding diaryl/α,β-unsaturated/α-hetero) is 1. The maximum Gasteiger partial charge on any atom is 0.231 e. The smallest absolute Gasteiger partial charge is 0.231 e. The van der Waals surface area contributed by atoms with Gasteiger partial charge in [-0.1, -0.05) is 23.2 Å². The molecule has 0 unspecified atom stereocenters. The summed E-state index contributed by atoms with van der Waals surface area (Å²) < 4.78 is 0. The van der Waals surface area contributed by atoms with E-state index in [0.29, 0.717) is 15.6 Å². The van der Waals surface area contributed by atoms with Crippen LogP contribution in [-0.2, 0) is 4.79 Å². The highest BCUT2D eigenvalue weighted by atomic mass is 35.5. The van der Waals surface area contributed by atoms with Crippen LogP contribution in [0.25, 0.3) is 0 Å². The van der Waals surface area contributed by atoms with Crippen molar-refractivity contribution in [2.75, 3.05) is 20.1 Å². The van der Waals surface area contributed by atoms with Crippen molar-refractivity contribution in [1.82, 2.24) is 4.90 Å². The summed E-state index contributed by atoms with van der Waals surface area (Å²) in [5, 5.41) is 0.780. The summed E-state index contributed by atoms with van der Waals surface area (Å²) >= 11 is 11.7. The van der Waals surface area contributed by atoms with Gasteiger partial charge in [-0.05, 0) is 25.2 Å². The van der Waals surface area contributed by atoms with E-state index in [-0.39, 0.29) is 18.9 Å². The number of likely N-dealkylation sites (N-methyl/N-ethyl adjacent to an activating group) is 1. The first-order chi connectivity index (χ1) is 7.90. The van der Waals surface area contributed by atoms with Gasteiger partial charge in [0, 0.05) is 10.6 Å². The lowest BCUT2D eigenvalue weighted by Gasteiger charge is -2.13. The van der Waals surface area contributed by atoms with E-state index in [4.69, 9.17) is 28.9 Å². The van der Waals surface area contributed by atoms with Crippen molar-refractivity contribution in [2.45, 2.75) is 0 Å². The fraction of sp³-hybridized carbons (Fsp3) is 0.273. The van der Waals surface area contributed by atoms with Gasteiger partial charge in [0.05, 0.1) is 18.1 Å². The number of nitrogens with two attached hydrogens (primary N) is 1. The van der Waals surface area contributed by atoms with Crippen LogP contribution in [0.5, 0.6) is 0 Å². The van der Waals surface area contributed by atoms with Crippen molar-refractivity contribution >= 4 is 34.9 Å². The van der Waals surface area contributed by atoms with Gasteiger partial charge >= 0.3 is 0 Å². The van der Waals surface area contributed by atoms with Crippen LogP contribution < -0.4 is 5.73 Å². The molecule has 0 fully saturated rings. The van der Waals surface area contributed by atoms with E-state index >= 15 is 0 Å². The molecule has 0 aliphatic carbocycles. The molecule has 0 aliphatic rings. The number of ketones is 1. The van der Waals surface area contributed by atoms with E-state index in [2.05, 4.69) is 0 Å². The highest BCUT2D eigenvalue weighted by molar-refractivity contribution is 6.36. The molecule has 0 aromatic heterocycles. The Kier molecular flexibility index (Phi) is 4.93. The molecule has 2 N–H and O–H groups in total. The first-order valence-electron chi connectivity index (χ1n) is 4.85. The molecule has 0 heterocycles. The van der Waals surface area contributed by atoms with Gasteiger partial charge in [0.15, 0.2) is 5.78 Å². The van der Waals surface area contributed by atoms with Crippen LogP contribution in [0.4, 0.5) is 0 Å². The van der Waals surface area contributed by atoms with Gasteiger partial charge in [-0.25, -0.2) is 0 Å². The maximum atomic E-state index is 11.9. The predicted octanol–water partition coefficient (Wildman–Crippen LogP) is 1.59. The molecule has 4 nitrogen and oxygen atoms in total. The van der Waals surface area contributed by atoms with Crippen LogP contribution in [-0.4, -0.2) is 36.7 Å². The molecule has 1 aromatic carbocycles. The molecular weight excluding hydrogens is 263 g/mol. The summed E-state index contributed by atoms with van der Waals surface area (Å²) in [6.07, 6.45) is 0. The Bertz CT molecular complexity index is 449. The van der Waals surface area contributed by atoms with E-state index in [1.807, 2.05) is 0 Å². The molecule has 0 radical (unpaired) electrons. The summed E-state index contributed by atoms with van der Waals surface area (Å²) in [5.41, 5.74) is 5.37. The number of halogens is 2. The second kappa shape index (κ2) is 6.00. The Hall–Kier alpha value is -1.10. The van der Waals surface area contributed by atoms with Crippen LogP contribution in [0.3, 0.4) is 0 Å². The Morgan fingerprint density at radius 2 is 1.94 bits per heavy atom. The molecule has 17 heavy (non-hydrogen) atoms. The van der Waals surface area contributed by atoms with Crippen LogP contribution in [0.1, 0.15) is 10.4 Å². The third-order valence-electron chi connectivity index (χ3n) is 2.07. The zero-order chi connectivity index (χ0) is 13.0. The van der Waals surface area contributed by atoms with Crippen molar-refractivity contribution in [3.8, 4) is 0 Å². The lowest BCUT2D eigenvalue weighted by Crippen LogP contribution is -2.34. The molecule has 0 spiro atoms. The zero-order valence-corrected chi connectivity index (χ0v) is 10.8. The molecule has 92 valence electrons. The minimum absolute atomic E-state index is 0.0178. The third kappa shape index (κ3) is 4.34. The molecule has 1 amide bonds. The van der Waals surface area contributed by atoms with Crippen LogP contribution in [0, 0.1) is 0 Å². The number of benzene rings is 1. The van der Waals surface area contributed by atoms with E-state index in [0.717, 1.165) is 0 Å². The van der Waals surface area contributed by atoms with Crippen molar-refractivity contribution < 1.29 is 9.59 Å². The second-order valence-corrected chi connectivity index (χ2v) is 4.53. The molecule has 6 heteroatoms. The summed E-state index contributed by atoms with van der Waals surface area (Å²) in [5.74, 6) is -0.696. The minimum Gasteiger partial charge on any atom is -0.369 e. The van der Waals surface area contributed by atoms with Crippen LogP contribution in [0.15, 0.2) is 18.2 Å². The van der Waals surface area contributed by atoms with E-state index in [9.17, 15) is 9.59 Å². The molecule has 0 atom stereocenters. The number of primary amides is 1. The highest BCUT2D eigenvalue weighted by Crippen LogP contribution is 2.21. The summed E-state index contributed by atoms with van der Waals surface area (Å²) in [6.45, 7) is 0.0763. The second-order valence-electron chi connectivity index (χ2n) is 3.69. The number of carbonyl (C=O) groups is 2. The first kappa shape index (κ1) is 14.0. The molecule has 1 rings (SSSR count). The molecular formula is C11H12Cl2N2O2. The largest absolute Gasteiger partial charge is 0.369 e. The van der Waals surface area contributed by atoms with Gasteiger partial charge in [0.25, 0.3) is 0 Å². The van der Waals surface area contributed by atoms with Gasteiger partial charge in [0.1, 0.15) is 0 Å². The van der Waals surface area contributed by atoms with Gasteiger partial charge in [0.2, 0.25) is 5.91 Å². The van der Waals surface area contributed by atoms with Crippen molar-refractivity contribution in [3.05, 3.63) is 33.8 Å². The van der Waals surface area contributed by atoms with Gasteiger partial charge in [-0.3, -0.25) is 14.5 Å². The Morgan fingerprint density at radius 3 is 2.53 bits per heavy atom. The average Bonchev–Trinajstić information content (AvgIpc) is 2.20. The highest BCUT2D eigenvalue weighted by Gasteiger charge is 2.14. The molecule has 0 bridgehead atoms. The fourth-order valence-corrected chi connectivity index (χ4v) is 1.76. The lowest BCUT2D eigenvalue weighted by atomic mass is 10.1. The van der Waals surface area contributed by atoms with Crippen molar-refractivity contribution in [1.29, 1.82) is 0 Å². The SMILES string of the molecule is CN(CC(N)=O)CC(=O)c1cc(Cl)ccc1Cl. The fourth-order valence-electron chi connectivity index (χ4n) is 1.36. The number of hydrogen-bond acceptors (Lipinski definition) is 3. The number of amides is 1. The number of nitrogens with zero attached hydrogens (tertiary/aromatic N) is 1. The average molecular weight is 275 g/mol. The predicted molar refractivity (Wildman–Crippen MR) is 67.5 cm³/mol. The van der Waals surface area contributed by atoms with E-state index < -0.39 is 5.91 Å². The Labute approximate surface area is 109 Å². The first-order valence-corrected chi connectivity index (χ1v) is 5.61. The van der Waals surface area contributed by atoms with E-state index in [1.165, 1.54) is 11.0 Å². The van der Waals surface area contributed by atoms with Gasteiger partial charge < -0.3 is 5.73 Å². The van der Waals surface area contributed by atoms with Crippen molar-refractivity contribution in [2.24, 2.45) is 5.73 Å². The van der Waals surface area contributed by atoms with Crippen LogP contribution >= 0.6 is 23.2 Å². The minimum atomic E-state index is -0.488. The summed E-state index contributed by atoms with van der Waals surface area (Å²) in [4.78, 5) is 24.1. The molecule has 1 aromatic rings. The summed E-state index contributed by atoms with van der Waals surface area (Å²) in [7, 11) is 1.63. The standard InChI is InChI=1S/C11H12Cl2N2O2/c1-15(6-11(14)17)5-10(16)8-4-7(12)2-3-9(8)13/h2-4H,5-6H2,1H3,(H2,14,17). The zero-order valence-electron chi connectivity index (χ0n) is 9.24. The van der Waals surface area contributed by atoms with Gasteiger partial charge in [-0.15, -0.1) is 0 Å². The Morgan fingerprint density at radius 1 is 1.29 bits per heavy atom. The van der Waals surface area contributed by atoms with Crippen LogP contribution in [0.2, 0.25) is 10.0 Å².